The van der Waals surface area contributed by atoms with E-state index in [2.05, 4.69) is 24.4 Å². The molecule has 0 fully saturated rings. The Bertz CT molecular complexity index is 512. The van der Waals surface area contributed by atoms with Gasteiger partial charge in [-0.3, -0.25) is 4.79 Å². The molecule has 0 bridgehead atoms. The fourth-order valence-corrected chi connectivity index (χ4v) is 2.33. The molecular weight excluding hydrogens is 252 g/mol. The van der Waals surface area contributed by atoms with E-state index >= 15 is 0 Å². The number of halogens is 1. The minimum atomic E-state index is -0.875. The maximum atomic E-state index is 11.1. The fourth-order valence-electron chi connectivity index (χ4n) is 1.93. The van der Waals surface area contributed by atoms with E-state index in [9.17, 15) is 9.90 Å². The van der Waals surface area contributed by atoms with Gasteiger partial charge in [0, 0.05) is 10.6 Å². The van der Waals surface area contributed by atoms with Crippen LogP contribution in [0.2, 0.25) is 5.02 Å². The van der Waals surface area contributed by atoms with E-state index in [-0.39, 0.29) is 12.3 Å². The number of carbonyl (C=O) groups is 1. The zero-order valence-electron chi connectivity index (χ0n) is 10.3. The Balaban J connectivity index is 2.35. The highest BCUT2D eigenvalue weighted by Gasteiger charge is 2.23. The molecule has 1 amide bonds. The molecule has 1 heterocycles. The lowest BCUT2D eigenvalue weighted by Gasteiger charge is -2.19. The molecule has 5 heteroatoms. The first-order valence-corrected chi connectivity index (χ1v) is 6.21. The van der Waals surface area contributed by atoms with Crippen LogP contribution in [0.15, 0.2) is 23.3 Å². The van der Waals surface area contributed by atoms with Gasteiger partial charge in [0.15, 0.2) is 0 Å². The normalized spacial score (nSPS) is 19.7. The predicted molar refractivity (Wildman–Crippen MR) is 70.8 cm³/mol. The first-order chi connectivity index (χ1) is 8.49. The van der Waals surface area contributed by atoms with Crippen LogP contribution in [-0.2, 0) is 4.79 Å². The summed E-state index contributed by atoms with van der Waals surface area (Å²) in [6.07, 6.45) is -0.845. The summed E-state index contributed by atoms with van der Waals surface area (Å²) in [4.78, 5) is 11.1. The lowest BCUT2D eigenvalue weighted by molar-refractivity contribution is -0.122. The molecule has 4 nitrogen and oxygen atoms in total. The van der Waals surface area contributed by atoms with Crippen LogP contribution in [0, 0.1) is 0 Å². The molecule has 0 radical (unpaired) electrons. The van der Waals surface area contributed by atoms with Crippen molar-refractivity contribution in [2.24, 2.45) is 5.10 Å². The number of hydrogen-bond acceptors (Lipinski definition) is 3. The van der Waals surface area contributed by atoms with Gasteiger partial charge < -0.3 is 5.11 Å². The van der Waals surface area contributed by atoms with Crippen molar-refractivity contribution in [1.29, 1.82) is 0 Å². The molecule has 1 aliphatic rings. The van der Waals surface area contributed by atoms with E-state index in [1.807, 2.05) is 12.1 Å². The van der Waals surface area contributed by atoms with E-state index in [0.29, 0.717) is 16.7 Å². The van der Waals surface area contributed by atoms with Crippen molar-refractivity contribution in [2.75, 3.05) is 0 Å². The lowest BCUT2D eigenvalue weighted by atomic mass is 9.97. The molecule has 0 spiro atoms. The van der Waals surface area contributed by atoms with Gasteiger partial charge in [-0.1, -0.05) is 37.6 Å². The Labute approximate surface area is 111 Å². The number of benzene rings is 1. The first kappa shape index (κ1) is 13.1. The number of carbonyl (C=O) groups excluding carboxylic acids is 1. The van der Waals surface area contributed by atoms with E-state index in [1.54, 1.807) is 6.07 Å². The van der Waals surface area contributed by atoms with Crippen molar-refractivity contribution >= 4 is 23.2 Å². The van der Waals surface area contributed by atoms with Crippen molar-refractivity contribution in [3.63, 3.8) is 0 Å². The number of amides is 1. The number of nitrogens with one attached hydrogen (secondary N) is 1. The molecule has 1 unspecified atom stereocenters. The zero-order chi connectivity index (χ0) is 13.3. The molecule has 18 heavy (non-hydrogen) atoms. The van der Waals surface area contributed by atoms with Gasteiger partial charge in [-0.25, -0.2) is 5.43 Å². The van der Waals surface area contributed by atoms with Crippen LogP contribution >= 0.6 is 11.6 Å². The van der Waals surface area contributed by atoms with Gasteiger partial charge in [0.1, 0.15) is 6.10 Å². The third kappa shape index (κ3) is 2.54. The zero-order valence-corrected chi connectivity index (χ0v) is 11.0. The topological polar surface area (TPSA) is 61.7 Å². The van der Waals surface area contributed by atoms with Gasteiger partial charge in [-0.15, -0.1) is 0 Å². The predicted octanol–water partition coefficient (Wildman–Crippen LogP) is 2.05. The van der Waals surface area contributed by atoms with Crippen LogP contribution in [0.25, 0.3) is 0 Å². The van der Waals surface area contributed by atoms with Crippen LogP contribution in [0.5, 0.6) is 0 Å². The molecule has 1 aromatic rings. The van der Waals surface area contributed by atoms with Crippen molar-refractivity contribution in [3.8, 4) is 0 Å². The summed E-state index contributed by atoms with van der Waals surface area (Å²) in [5.74, 6) is 0.0561. The number of aliphatic hydroxyl groups excluding tert-OH is 1. The Kier molecular flexibility index (Phi) is 3.68. The van der Waals surface area contributed by atoms with E-state index in [1.165, 1.54) is 0 Å². The molecule has 0 saturated carbocycles. The number of aliphatic hydroxyl groups is 1. The van der Waals surface area contributed by atoms with Crippen LogP contribution < -0.4 is 5.43 Å². The van der Waals surface area contributed by atoms with Crippen molar-refractivity contribution in [1.82, 2.24) is 5.43 Å². The smallest absolute Gasteiger partial charge is 0.243 e. The van der Waals surface area contributed by atoms with Gasteiger partial charge in [-0.05, 0) is 17.5 Å². The number of rotatable bonds is 2. The molecule has 1 aliphatic heterocycles. The van der Waals surface area contributed by atoms with Crippen molar-refractivity contribution in [3.05, 3.63) is 34.3 Å². The van der Waals surface area contributed by atoms with Gasteiger partial charge in [-0.2, -0.15) is 5.10 Å². The Hall–Kier alpha value is -1.39. The highest BCUT2D eigenvalue weighted by atomic mass is 35.5. The summed E-state index contributed by atoms with van der Waals surface area (Å²) in [5.41, 5.74) is 4.60. The maximum absolute atomic E-state index is 11.1. The highest BCUT2D eigenvalue weighted by molar-refractivity contribution is 6.32. The minimum absolute atomic E-state index is 0.0301. The SMILES string of the molecule is CC(C)c1ccc(C2=NNC(=O)CC2O)cc1Cl. The van der Waals surface area contributed by atoms with E-state index < -0.39 is 6.10 Å². The summed E-state index contributed by atoms with van der Waals surface area (Å²) >= 11 is 6.20. The second kappa shape index (κ2) is 5.08. The second-order valence-corrected chi connectivity index (χ2v) is 5.05. The molecule has 0 saturated heterocycles. The van der Waals surface area contributed by atoms with Crippen LogP contribution in [0.3, 0.4) is 0 Å². The first-order valence-electron chi connectivity index (χ1n) is 5.83. The van der Waals surface area contributed by atoms with Crippen LogP contribution in [-0.4, -0.2) is 22.8 Å². The van der Waals surface area contributed by atoms with Crippen LogP contribution in [0.4, 0.5) is 0 Å². The number of hydrazone groups is 1. The average molecular weight is 267 g/mol. The molecule has 0 aliphatic carbocycles. The van der Waals surface area contributed by atoms with E-state index in [4.69, 9.17) is 11.6 Å². The monoisotopic (exact) mass is 266 g/mol. The Morgan fingerprint density at radius 3 is 2.78 bits per heavy atom. The molecule has 1 aromatic carbocycles. The summed E-state index contributed by atoms with van der Waals surface area (Å²) in [5, 5.41) is 14.4. The molecular formula is C13H15ClN2O2. The summed E-state index contributed by atoms with van der Waals surface area (Å²) in [6, 6.07) is 5.56. The largest absolute Gasteiger partial charge is 0.386 e. The van der Waals surface area contributed by atoms with Gasteiger partial charge in [0.2, 0.25) is 5.91 Å². The summed E-state index contributed by atoms with van der Waals surface area (Å²) in [6.45, 7) is 4.13. The fraction of sp³-hybridized carbons (Fsp3) is 0.385. The molecule has 2 rings (SSSR count). The van der Waals surface area contributed by atoms with Gasteiger partial charge in [0.05, 0.1) is 12.1 Å². The van der Waals surface area contributed by atoms with Gasteiger partial charge >= 0.3 is 0 Å². The van der Waals surface area contributed by atoms with Crippen molar-refractivity contribution in [2.45, 2.75) is 32.3 Å². The van der Waals surface area contributed by atoms with Crippen LogP contribution in [0.1, 0.15) is 37.3 Å². The molecule has 96 valence electrons. The number of hydrogen-bond donors (Lipinski definition) is 2. The summed E-state index contributed by atoms with van der Waals surface area (Å²) < 4.78 is 0. The third-order valence-electron chi connectivity index (χ3n) is 2.91. The molecule has 2 N–H and O–H groups in total. The summed E-state index contributed by atoms with van der Waals surface area (Å²) in [7, 11) is 0. The van der Waals surface area contributed by atoms with Gasteiger partial charge in [0.25, 0.3) is 0 Å². The Morgan fingerprint density at radius 1 is 1.50 bits per heavy atom. The molecule has 1 atom stereocenters. The van der Waals surface area contributed by atoms with Crippen molar-refractivity contribution < 1.29 is 9.90 Å². The maximum Gasteiger partial charge on any atom is 0.243 e. The average Bonchev–Trinajstić information content (AvgIpc) is 2.28. The standard InChI is InChI=1S/C13H15ClN2O2/c1-7(2)9-4-3-8(5-10(9)14)13-11(17)6-12(18)15-16-13/h3-5,7,11,17H,6H2,1-2H3,(H,15,18). The molecule has 0 aromatic heterocycles. The minimum Gasteiger partial charge on any atom is -0.386 e. The number of nitrogens with zero attached hydrogens (tertiary/aromatic N) is 1. The quantitative estimate of drug-likeness (QED) is 0.861. The highest BCUT2D eigenvalue weighted by Crippen LogP contribution is 2.26. The lowest BCUT2D eigenvalue weighted by Crippen LogP contribution is -2.36. The third-order valence-corrected chi connectivity index (χ3v) is 3.24. The second-order valence-electron chi connectivity index (χ2n) is 4.64. The Morgan fingerprint density at radius 2 is 2.22 bits per heavy atom. The van der Waals surface area contributed by atoms with E-state index in [0.717, 1.165) is 11.1 Å².